The fourth-order valence-electron chi connectivity index (χ4n) is 3.52. The van der Waals surface area contributed by atoms with Gasteiger partial charge >= 0.3 is 6.18 Å². The van der Waals surface area contributed by atoms with Gasteiger partial charge in [0, 0.05) is 37.2 Å². The summed E-state index contributed by atoms with van der Waals surface area (Å²) in [4.78, 5) is 9.71. The Labute approximate surface area is 182 Å². The highest BCUT2D eigenvalue weighted by Crippen LogP contribution is 2.30. The van der Waals surface area contributed by atoms with Gasteiger partial charge in [-0.2, -0.15) is 13.2 Å². The molecule has 4 heterocycles. The average Bonchev–Trinajstić information content (AvgIpc) is 3.45. The molecule has 11 heteroatoms. The van der Waals surface area contributed by atoms with E-state index < -0.39 is 24.1 Å². The Balaban J connectivity index is 1.50. The molecule has 4 rings (SSSR count). The molecule has 0 saturated carbocycles. The number of ether oxygens (including phenoxy) is 1. The summed E-state index contributed by atoms with van der Waals surface area (Å²) in [6.45, 7) is 4.43. The van der Waals surface area contributed by atoms with Crippen LogP contribution >= 0.6 is 0 Å². The average molecular weight is 446 g/mol. The van der Waals surface area contributed by atoms with Gasteiger partial charge in [-0.15, -0.1) is 5.10 Å². The van der Waals surface area contributed by atoms with Crippen molar-refractivity contribution < 1.29 is 23.0 Å². The molecule has 168 valence electrons. The predicted molar refractivity (Wildman–Crippen MR) is 108 cm³/mol. The quantitative estimate of drug-likeness (QED) is 0.558. The van der Waals surface area contributed by atoms with Gasteiger partial charge in [0.1, 0.15) is 11.9 Å². The monoisotopic (exact) mass is 446 g/mol. The highest BCUT2D eigenvalue weighted by atomic mass is 19.4. The summed E-state index contributed by atoms with van der Waals surface area (Å²) in [6.07, 6.45) is 1.62. The maximum atomic E-state index is 12.7. The van der Waals surface area contributed by atoms with Crippen LogP contribution in [0.1, 0.15) is 17.3 Å². The molecule has 0 amide bonds. The first-order valence-electron chi connectivity index (χ1n) is 9.86. The molecule has 1 saturated heterocycles. The summed E-state index contributed by atoms with van der Waals surface area (Å²) in [6, 6.07) is 5.66. The lowest BCUT2D eigenvalue weighted by atomic mass is 10.2. The van der Waals surface area contributed by atoms with Gasteiger partial charge in [0.05, 0.1) is 36.2 Å². The molecule has 3 atom stereocenters. The van der Waals surface area contributed by atoms with Crippen molar-refractivity contribution in [3.63, 3.8) is 0 Å². The van der Waals surface area contributed by atoms with Gasteiger partial charge < -0.3 is 9.84 Å². The molecule has 1 unspecified atom stereocenters. The first-order valence-corrected chi connectivity index (χ1v) is 9.86. The molecule has 0 bridgehead atoms. The summed E-state index contributed by atoms with van der Waals surface area (Å²) < 4.78 is 45.9. The van der Waals surface area contributed by atoms with Gasteiger partial charge in [-0.25, -0.2) is 4.68 Å². The van der Waals surface area contributed by atoms with E-state index in [2.05, 4.69) is 26.9 Å². The molecule has 0 aromatic carbocycles. The summed E-state index contributed by atoms with van der Waals surface area (Å²) in [7, 11) is 0. The number of alkyl halides is 3. The number of hydrogen-bond acceptors (Lipinski definition) is 7. The van der Waals surface area contributed by atoms with Crippen molar-refractivity contribution >= 4 is 0 Å². The molecule has 32 heavy (non-hydrogen) atoms. The Morgan fingerprint density at radius 2 is 2.09 bits per heavy atom. The molecule has 0 radical (unpaired) electrons. The fourth-order valence-corrected chi connectivity index (χ4v) is 3.52. The third-order valence-corrected chi connectivity index (χ3v) is 5.25. The van der Waals surface area contributed by atoms with E-state index in [-0.39, 0.29) is 12.6 Å². The van der Waals surface area contributed by atoms with E-state index in [1.165, 1.54) is 12.1 Å². The van der Waals surface area contributed by atoms with E-state index in [4.69, 9.17) is 4.74 Å². The number of pyridine rings is 2. The molecule has 8 nitrogen and oxygen atoms in total. The SMILES string of the molecule is C=CC(O)N1C[C@@H](n2cc(-c3cccnc3)nn2)[C@H](OCc2ccc(C(F)(F)F)cn2)C1. The molecule has 1 fully saturated rings. The zero-order valence-electron chi connectivity index (χ0n) is 16.9. The minimum Gasteiger partial charge on any atom is -0.375 e. The van der Waals surface area contributed by atoms with E-state index in [1.54, 1.807) is 34.2 Å². The normalized spacial score (nSPS) is 20.4. The lowest BCUT2D eigenvalue weighted by molar-refractivity contribution is -0.137. The van der Waals surface area contributed by atoms with Crippen LogP contribution in [-0.4, -0.2) is 60.4 Å². The lowest BCUT2D eigenvalue weighted by Gasteiger charge is -2.19. The molecule has 3 aromatic heterocycles. The van der Waals surface area contributed by atoms with E-state index in [1.807, 2.05) is 6.07 Å². The van der Waals surface area contributed by atoms with Crippen molar-refractivity contribution in [3.05, 3.63) is 73.0 Å². The third-order valence-electron chi connectivity index (χ3n) is 5.25. The standard InChI is InChI=1S/C21H21F3N6O2/c1-2-20(31)29-11-18(30-10-17(27-28-30)14-4-3-7-25-8-14)19(12-29)32-13-16-6-5-15(9-26-16)21(22,23)24/h2-10,18-20,31H,1,11-13H2/t18-,19-,20?/m1/s1. The number of nitrogens with zero attached hydrogens (tertiary/aromatic N) is 6. The minimum atomic E-state index is -4.44. The number of aromatic nitrogens is 5. The smallest absolute Gasteiger partial charge is 0.375 e. The van der Waals surface area contributed by atoms with Crippen LogP contribution in [0.5, 0.6) is 0 Å². The van der Waals surface area contributed by atoms with Crippen LogP contribution in [0, 0.1) is 0 Å². The third kappa shape index (κ3) is 4.85. The number of halogens is 3. The van der Waals surface area contributed by atoms with E-state index in [0.29, 0.717) is 24.5 Å². The van der Waals surface area contributed by atoms with Gasteiger partial charge in [-0.1, -0.05) is 11.8 Å². The molecular formula is C21H21F3N6O2. The summed E-state index contributed by atoms with van der Waals surface area (Å²) in [5, 5.41) is 18.6. The number of rotatable bonds is 7. The molecule has 3 aromatic rings. The van der Waals surface area contributed by atoms with Crippen molar-refractivity contribution in [2.45, 2.75) is 31.2 Å². The van der Waals surface area contributed by atoms with Crippen LogP contribution in [0.4, 0.5) is 13.2 Å². The first kappa shape index (κ1) is 22.1. The maximum absolute atomic E-state index is 12.7. The second-order valence-corrected chi connectivity index (χ2v) is 7.38. The second kappa shape index (κ2) is 9.15. The van der Waals surface area contributed by atoms with Gasteiger partial charge in [0.15, 0.2) is 0 Å². The fraction of sp³-hybridized carbons (Fsp3) is 0.333. The van der Waals surface area contributed by atoms with Gasteiger partial charge in [-0.3, -0.25) is 14.9 Å². The van der Waals surface area contributed by atoms with E-state index in [9.17, 15) is 18.3 Å². The van der Waals surface area contributed by atoms with Crippen LogP contribution in [-0.2, 0) is 17.5 Å². The lowest BCUT2D eigenvalue weighted by Crippen LogP contribution is -2.32. The Bertz CT molecular complexity index is 1040. The molecule has 1 N–H and O–H groups in total. The second-order valence-electron chi connectivity index (χ2n) is 7.38. The first-order chi connectivity index (χ1) is 15.3. The van der Waals surface area contributed by atoms with Gasteiger partial charge in [0.2, 0.25) is 0 Å². The highest BCUT2D eigenvalue weighted by molar-refractivity contribution is 5.55. The zero-order chi connectivity index (χ0) is 22.7. The predicted octanol–water partition coefficient (Wildman–Crippen LogP) is 2.70. The van der Waals surface area contributed by atoms with Crippen molar-refractivity contribution in [3.8, 4) is 11.3 Å². The highest BCUT2D eigenvalue weighted by Gasteiger charge is 2.38. The summed E-state index contributed by atoms with van der Waals surface area (Å²) in [5.41, 5.74) is 1.01. The Kier molecular flexibility index (Phi) is 6.31. The molecule has 1 aliphatic rings. The van der Waals surface area contributed by atoms with E-state index >= 15 is 0 Å². The van der Waals surface area contributed by atoms with Gasteiger partial charge in [-0.05, 0) is 30.3 Å². The van der Waals surface area contributed by atoms with Crippen LogP contribution in [0.15, 0.2) is 61.7 Å². The van der Waals surface area contributed by atoms with Crippen LogP contribution in [0.2, 0.25) is 0 Å². The van der Waals surface area contributed by atoms with Crippen molar-refractivity contribution in [1.82, 2.24) is 29.9 Å². The van der Waals surface area contributed by atoms with Crippen LogP contribution < -0.4 is 0 Å². The number of likely N-dealkylation sites (tertiary alicyclic amines) is 1. The van der Waals surface area contributed by atoms with Crippen LogP contribution in [0.25, 0.3) is 11.3 Å². The largest absolute Gasteiger partial charge is 0.417 e. The van der Waals surface area contributed by atoms with Crippen molar-refractivity contribution in [1.29, 1.82) is 0 Å². The maximum Gasteiger partial charge on any atom is 0.417 e. The van der Waals surface area contributed by atoms with Crippen molar-refractivity contribution in [2.75, 3.05) is 13.1 Å². The van der Waals surface area contributed by atoms with Crippen molar-refractivity contribution in [2.24, 2.45) is 0 Å². The number of aliphatic hydroxyl groups excluding tert-OH is 1. The van der Waals surface area contributed by atoms with E-state index in [0.717, 1.165) is 17.8 Å². The Morgan fingerprint density at radius 3 is 2.75 bits per heavy atom. The van der Waals surface area contributed by atoms with Gasteiger partial charge in [0.25, 0.3) is 0 Å². The molecule has 1 aliphatic heterocycles. The van der Waals surface area contributed by atoms with Crippen LogP contribution in [0.3, 0.4) is 0 Å². The number of hydrogen-bond donors (Lipinski definition) is 1. The summed E-state index contributed by atoms with van der Waals surface area (Å²) in [5.74, 6) is 0. The Morgan fingerprint density at radius 1 is 1.25 bits per heavy atom. The molecule has 0 aliphatic carbocycles. The topological polar surface area (TPSA) is 89.2 Å². The molecule has 0 spiro atoms. The minimum absolute atomic E-state index is 0.0154. The zero-order valence-corrected chi connectivity index (χ0v) is 16.9. The Hall–Kier alpha value is -3.15. The summed E-state index contributed by atoms with van der Waals surface area (Å²) >= 11 is 0. The molecular weight excluding hydrogens is 425 g/mol. The number of aliphatic hydroxyl groups is 1.